The topological polar surface area (TPSA) is 35.5 Å². The highest BCUT2D eigenvalue weighted by Crippen LogP contribution is 2.18. The van der Waals surface area contributed by atoms with Gasteiger partial charge in [-0.25, -0.2) is 0 Å². The molecule has 1 aliphatic heterocycles. The van der Waals surface area contributed by atoms with Crippen LogP contribution in [0.5, 0.6) is 0 Å². The quantitative estimate of drug-likeness (QED) is 0.701. The number of nitrogens with zero attached hydrogens (tertiary/aromatic N) is 1. The third kappa shape index (κ3) is 3.56. The second kappa shape index (κ2) is 5.69. The molecule has 3 nitrogen and oxygen atoms in total. The molecule has 3 atom stereocenters. The highest BCUT2D eigenvalue weighted by molar-refractivity contribution is 4.84. The molecule has 0 radical (unpaired) electrons. The van der Waals surface area contributed by atoms with Crippen LogP contribution in [0.15, 0.2) is 0 Å². The number of aliphatic hydroxyl groups is 1. The van der Waals surface area contributed by atoms with Crippen molar-refractivity contribution in [2.24, 2.45) is 5.92 Å². The molecule has 14 heavy (non-hydrogen) atoms. The normalized spacial score (nSPS) is 31.7. The Hall–Kier alpha value is -0.120. The predicted molar refractivity (Wildman–Crippen MR) is 59.4 cm³/mol. The Morgan fingerprint density at radius 3 is 2.79 bits per heavy atom. The molecule has 3 unspecified atom stereocenters. The lowest BCUT2D eigenvalue weighted by Crippen LogP contribution is -2.50. The van der Waals surface area contributed by atoms with E-state index >= 15 is 0 Å². The fraction of sp³-hybridized carbons (Fsp3) is 1.00. The van der Waals surface area contributed by atoms with Gasteiger partial charge in [0.05, 0.1) is 6.10 Å². The van der Waals surface area contributed by atoms with Crippen LogP contribution in [-0.2, 0) is 0 Å². The van der Waals surface area contributed by atoms with Crippen molar-refractivity contribution in [1.29, 1.82) is 0 Å². The summed E-state index contributed by atoms with van der Waals surface area (Å²) in [4.78, 5) is 2.31. The summed E-state index contributed by atoms with van der Waals surface area (Å²) in [5.74, 6) is 0.433. The molecule has 0 aromatic carbocycles. The number of likely N-dealkylation sites (N-methyl/N-ethyl adjacent to an activating group) is 1. The molecule has 0 aliphatic carbocycles. The lowest BCUT2D eigenvalue weighted by Gasteiger charge is -2.37. The van der Waals surface area contributed by atoms with Gasteiger partial charge in [-0.15, -0.1) is 0 Å². The number of nitrogens with one attached hydrogen (secondary N) is 1. The fourth-order valence-electron chi connectivity index (χ4n) is 2.21. The highest BCUT2D eigenvalue weighted by Gasteiger charge is 2.27. The molecule has 1 heterocycles. The van der Waals surface area contributed by atoms with Gasteiger partial charge in [-0.2, -0.15) is 0 Å². The van der Waals surface area contributed by atoms with Crippen LogP contribution in [0.2, 0.25) is 0 Å². The first-order chi connectivity index (χ1) is 6.63. The summed E-state index contributed by atoms with van der Waals surface area (Å²) < 4.78 is 0. The smallest absolute Gasteiger partial charge is 0.0553 e. The van der Waals surface area contributed by atoms with Crippen molar-refractivity contribution in [3.63, 3.8) is 0 Å². The number of rotatable bonds is 4. The second-order valence-electron chi connectivity index (χ2n) is 4.61. The van der Waals surface area contributed by atoms with Crippen LogP contribution in [0.4, 0.5) is 0 Å². The average Bonchev–Trinajstić information content (AvgIpc) is 2.14. The lowest BCUT2D eigenvalue weighted by molar-refractivity contribution is 0.0585. The number of aliphatic hydroxyl groups excluding tert-OH is 1. The average molecular weight is 200 g/mol. The summed E-state index contributed by atoms with van der Waals surface area (Å²) >= 11 is 0. The van der Waals surface area contributed by atoms with Gasteiger partial charge in [-0.3, -0.25) is 0 Å². The van der Waals surface area contributed by atoms with Gasteiger partial charge in [0.25, 0.3) is 0 Å². The van der Waals surface area contributed by atoms with E-state index in [0.29, 0.717) is 12.0 Å². The molecule has 0 bridgehead atoms. The lowest BCUT2D eigenvalue weighted by atomic mass is 9.90. The third-order valence-electron chi connectivity index (χ3n) is 3.03. The van der Waals surface area contributed by atoms with E-state index in [1.54, 1.807) is 0 Å². The Morgan fingerprint density at radius 2 is 2.21 bits per heavy atom. The third-order valence-corrected chi connectivity index (χ3v) is 3.03. The van der Waals surface area contributed by atoms with E-state index in [1.807, 2.05) is 6.92 Å². The first-order valence-electron chi connectivity index (χ1n) is 5.73. The van der Waals surface area contributed by atoms with E-state index in [-0.39, 0.29) is 6.10 Å². The van der Waals surface area contributed by atoms with Crippen molar-refractivity contribution >= 4 is 0 Å². The summed E-state index contributed by atoms with van der Waals surface area (Å²) in [7, 11) is 2.13. The molecule has 1 aliphatic rings. The summed E-state index contributed by atoms with van der Waals surface area (Å²) in [6.07, 6.45) is 2.12. The maximum Gasteiger partial charge on any atom is 0.0553 e. The molecule has 1 fully saturated rings. The summed E-state index contributed by atoms with van der Waals surface area (Å²) in [6.45, 7) is 7.32. The molecule has 1 rings (SSSR count). The van der Waals surface area contributed by atoms with Gasteiger partial charge in [0.15, 0.2) is 0 Å². The zero-order valence-electron chi connectivity index (χ0n) is 9.66. The van der Waals surface area contributed by atoms with E-state index in [0.717, 1.165) is 26.1 Å². The second-order valence-corrected chi connectivity index (χ2v) is 4.61. The van der Waals surface area contributed by atoms with E-state index in [9.17, 15) is 5.11 Å². The van der Waals surface area contributed by atoms with E-state index in [2.05, 4.69) is 24.2 Å². The number of hydrogen-bond donors (Lipinski definition) is 2. The van der Waals surface area contributed by atoms with E-state index < -0.39 is 0 Å². The molecule has 0 aromatic heterocycles. The van der Waals surface area contributed by atoms with Crippen molar-refractivity contribution in [3.05, 3.63) is 0 Å². The minimum Gasteiger partial charge on any atom is -0.393 e. The van der Waals surface area contributed by atoms with Crippen LogP contribution in [0, 0.1) is 5.92 Å². The number of likely N-dealkylation sites (tertiary alicyclic amines) is 1. The molecular formula is C11H24N2O. The SMILES string of the molecule is CCCNC1CC(C(C)O)CN(C)C1. The van der Waals surface area contributed by atoms with Crippen LogP contribution < -0.4 is 5.32 Å². The molecule has 84 valence electrons. The van der Waals surface area contributed by atoms with Crippen LogP contribution >= 0.6 is 0 Å². The minimum absolute atomic E-state index is 0.177. The molecule has 1 saturated heterocycles. The first-order valence-corrected chi connectivity index (χ1v) is 5.73. The van der Waals surface area contributed by atoms with Gasteiger partial charge in [-0.1, -0.05) is 6.92 Å². The van der Waals surface area contributed by atoms with Crippen molar-refractivity contribution in [3.8, 4) is 0 Å². The molecule has 0 saturated carbocycles. The molecule has 2 N–H and O–H groups in total. The Balaban J connectivity index is 2.37. The summed E-state index contributed by atoms with van der Waals surface area (Å²) in [6, 6.07) is 0.563. The summed E-state index contributed by atoms with van der Waals surface area (Å²) in [5.41, 5.74) is 0. The Labute approximate surface area is 87.5 Å². The van der Waals surface area contributed by atoms with Gasteiger partial charge in [0.2, 0.25) is 0 Å². The standard InChI is InChI=1S/C11H24N2O/c1-4-5-12-11-6-10(9(2)14)7-13(3)8-11/h9-12,14H,4-8H2,1-3H3. The molecular weight excluding hydrogens is 176 g/mol. The van der Waals surface area contributed by atoms with Gasteiger partial charge in [0, 0.05) is 19.1 Å². The molecule has 0 aromatic rings. The fourth-order valence-corrected chi connectivity index (χ4v) is 2.21. The van der Waals surface area contributed by atoms with Gasteiger partial charge in [-0.05, 0) is 39.3 Å². The first kappa shape index (κ1) is 12.0. The Morgan fingerprint density at radius 1 is 1.50 bits per heavy atom. The van der Waals surface area contributed by atoms with Crippen molar-refractivity contribution in [2.45, 2.75) is 38.8 Å². The van der Waals surface area contributed by atoms with Gasteiger partial charge in [0.1, 0.15) is 0 Å². The molecule has 0 spiro atoms. The Bertz CT molecular complexity index is 161. The number of piperidine rings is 1. The minimum atomic E-state index is -0.177. The van der Waals surface area contributed by atoms with Crippen molar-refractivity contribution in [1.82, 2.24) is 10.2 Å². The Kier molecular flexibility index (Phi) is 4.85. The highest BCUT2D eigenvalue weighted by atomic mass is 16.3. The van der Waals surface area contributed by atoms with Crippen LogP contribution in [0.25, 0.3) is 0 Å². The van der Waals surface area contributed by atoms with Crippen molar-refractivity contribution in [2.75, 3.05) is 26.7 Å². The zero-order valence-corrected chi connectivity index (χ0v) is 9.66. The predicted octanol–water partition coefficient (Wildman–Crippen LogP) is 0.687. The summed E-state index contributed by atoms with van der Waals surface area (Å²) in [5, 5.41) is 13.1. The monoisotopic (exact) mass is 200 g/mol. The number of hydrogen-bond acceptors (Lipinski definition) is 3. The van der Waals surface area contributed by atoms with E-state index in [4.69, 9.17) is 0 Å². The largest absolute Gasteiger partial charge is 0.393 e. The molecule has 0 amide bonds. The zero-order chi connectivity index (χ0) is 10.6. The van der Waals surface area contributed by atoms with E-state index in [1.165, 1.54) is 6.42 Å². The van der Waals surface area contributed by atoms with Crippen LogP contribution in [0.1, 0.15) is 26.7 Å². The maximum atomic E-state index is 9.58. The molecule has 3 heteroatoms. The van der Waals surface area contributed by atoms with Crippen LogP contribution in [0.3, 0.4) is 0 Å². The van der Waals surface area contributed by atoms with Crippen LogP contribution in [-0.4, -0.2) is 48.8 Å². The van der Waals surface area contributed by atoms with Crippen molar-refractivity contribution < 1.29 is 5.11 Å². The maximum absolute atomic E-state index is 9.58. The van der Waals surface area contributed by atoms with Gasteiger partial charge >= 0.3 is 0 Å². The van der Waals surface area contributed by atoms with Gasteiger partial charge < -0.3 is 15.3 Å².